The maximum atomic E-state index is 12.2. The normalized spacial score (nSPS) is 11.1. The minimum atomic E-state index is -0.0973. The van der Waals surface area contributed by atoms with Gasteiger partial charge in [-0.25, -0.2) is 4.98 Å². The molecule has 1 amide bonds. The molecule has 0 radical (unpaired) electrons. The van der Waals surface area contributed by atoms with E-state index in [9.17, 15) is 4.79 Å². The van der Waals surface area contributed by atoms with Crippen LogP contribution in [0, 0.1) is 0 Å². The second kappa shape index (κ2) is 7.23. The van der Waals surface area contributed by atoms with Crippen molar-refractivity contribution in [2.45, 2.75) is 6.54 Å². The van der Waals surface area contributed by atoms with Crippen LogP contribution in [0.3, 0.4) is 0 Å². The number of likely N-dealkylation sites (N-methyl/N-ethyl adjacent to an activating group) is 1. The molecule has 0 aliphatic rings. The van der Waals surface area contributed by atoms with E-state index in [0.29, 0.717) is 17.3 Å². The van der Waals surface area contributed by atoms with E-state index >= 15 is 0 Å². The number of hydrogen-bond acceptors (Lipinski definition) is 3. The van der Waals surface area contributed by atoms with Crippen LogP contribution in [0.1, 0.15) is 11.3 Å². The Balaban J connectivity index is 1.67. The summed E-state index contributed by atoms with van der Waals surface area (Å²) in [5, 5.41) is 0.683. The molecule has 24 heavy (non-hydrogen) atoms. The molecule has 0 saturated carbocycles. The van der Waals surface area contributed by atoms with Crippen molar-refractivity contribution in [2.24, 2.45) is 0 Å². The van der Waals surface area contributed by atoms with E-state index in [0.717, 1.165) is 16.6 Å². The first-order valence-corrected chi connectivity index (χ1v) is 7.89. The van der Waals surface area contributed by atoms with E-state index in [1.165, 1.54) is 6.08 Å². The fourth-order valence-corrected chi connectivity index (χ4v) is 2.40. The van der Waals surface area contributed by atoms with Crippen LogP contribution >= 0.6 is 11.6 Å². The predicted molar refractivity (Wildman–Crippen MR) is 96.5 cm³/mol. The van der Waals surface area contributed by atoms with Crippen molar-refractivity contribution < 1.29 is 4.79 Å². The molecule has 120 valence electrons. The van der Waals surface area contributed by atoms with Gasteiger partial charge in [-0.05, 0) is 35.9 Å². The number of rotatable bonds is 4. The van der Waals surface area contributed by atoms with Gasteiger partial charge in [-0.15, -0.1) is 0 Å². The molecule has 2 aromatic carbocycles. The molecule has 1 aromatic heterocycles. The molecule has 3 aromatic rings. The summed E-state index contributed by atoms with van der Waals surface area (Å²) in [6.07, 6.45) is 4.85. The standard InChI is InChI=1S/C19H16ClN3O/c1-23(13-14-6-8-15(20)9-7-14)19(24)11-10-16-12-21-17-4-2-3-5-18(17)22-16/h2-12H,13H2,1H3. The highest BCUT2D eigenvalue weighted by molar-refractivity contribution is 6.30. The van der Waals surface area contributed by atoms with Crippen LogP contribution in [0.2, 0.25) is 5.02 Å². The molecule has 0 bridgehead atoms. The number of benzene rings is 2. The predicted octanol–water partition coefficient (Wildman–Crippen LogP) is 3.96. The molecular weight excluding hydrogens is 322 g/mol. The molecule has 0 atom stereocenters. The summed E-state index contributed by atoms with van der Waals surface area (Å²) < 4.78 is 0. The number of hydrogen-bond donors (Lipinski definition) is 0. The third-order valence-electron chi connectivity index (χ3n) is 3.57. The van der Waals surface area contributed by atoms with Crippen LogP contribution in [-0.4, -0.2) is 27.8 Å². The summed E-state index contributed by atoms with van der Waals surface area (Å²) >= 11 is 5.87. The Kier molecular flexibility index (Phi) is 4.87. The highest BCUT2D eigenvalue weighted by Crippen LogP contribution is 2.12. The quantitative estimate of drug-likeness (QED) is 0.677. The Labute approximate surface area is 145 Å². The number of nitrogens with zero attached hydrogens (tertiary/aromatic N) is 3. The number of para-hydroxylation sites is 2. The van der Waals surface area contributed by atoms with Crippen LogP contribution in [0.15, 0.2) is 60.8 Å². The van der Waals surface area contributed by atoms with Gasteiger partial charge in [-0.2, -0.15) is 0 Å². The first-order valence-electron chi connectivity index (χ1n) is 7.51. The van der Waals surface area contributed by atoms with Crippen molar-refractivity contribution in [3.63, 3.8) is 0 Å². The fraction of sp³-hybridized carbons (Fsp3) is 0.105. The summed E-state index contributed by atoms with van der Waals surface area (Å²) in [7, 11) is 1.76. The molecule has 0 unspecified atom stereocenters. The lowest BCUT2D eigenvalue weighted by atomic mass is 10.2. The smallest absolute Gasteiger partial charge is 0.246 e. The first kappa shape index (κ1) is 16.1. The number of aromatic nitrogens is 2. The molecule has 1 heterocycles. The first-order chi connectivity index (χ1) is 11.6. The lowest BCUT2D eigenvalue weighted by Gasteiger charge is -2.15. The number of fused-ring (bicyclic) bond motifs is 1. The third-order valence-corrected chi connectivity index (χ3v) is 3.83. The third kappa shape index (κ3) is 3.97. The molecule has 0 N–H and O–H groups in total. The second-order valence-corrected chi connectivity index (χ2v) is 5.87. The van der Waals surface area contributed by atoms with Gasteiger partial charge in [0.05, 0.1) is 22.9 Å². The number of carbonyl (C=O) groups excluding carboxylic acids is 1. The van der Waals surface area contributed by atoms with E-state index in [1.807, 2.05) is 48.5 Å². The minimum absolute atomic E-state index is 0.0973. The van der Waals surface area contributed by atoms with E-state index < -0.39 is 0 Å². The summed E-state index contributed by atoms with van der Waals surface area (Å²) in [6, 6.07) is 15.1. The van der Waals surface area contributed by atoms with Crippen molar-refractivity contribution in [2.75, 3.05) is 7.05 Å². The fourth-order valence-electron chi connectivity index (χ4n) is 2.28. The van der Waals surface area contributed by atoms with Gasteiger partial charge in [-0.1, -0.05) is 35.9 Å². The van der Waals surface area contributed by atoms with Crippen molar-refractivity contribution in [1.29, 1.82) is 0 Å². The van der Waals surface area contributed by atoms with Gasteiger partial charge in [0.25, 0.3) is 0 Å². The molecule has 0 aliphatic carbocycles. The minimum Gasteiger partial charge on any atom is -0.338 e. The Morgan fingerprint density at radius 1 is 1.12 bits per heavy atom. The van der Waals surface area contributed by atoms with Crippen molar-refractivity contribution in [3.8, 4) is 0 Å². The van der Waals surface area contributed by atoms with Gasteiger partial charge in [0, 0.05) is 24.7 Å². The summed E-state index contributed by atoms with van der Waals surface area (Å²) in [5.41, 5.74) is 3.32. The maximum Gasteiger partial charge on any atom is 0.246 e. The van der Waals surface area contributed by atoms with Crippen LogP contribution in [0.25, 0.3) is 17.1 Å². The van der Waals surface area contributed by atoms with Crippen LogP contribution in [0.5, 0.6) is 0 Å². The van der Waals surface area contributed by atoms with Gasteiger partial charge in [0.15, 0.2) is 0 Å². The molecule has 0 saturated heterocycles. The molecule has 0 aliphatic heterocycles. The van der Waals surface area contributed by atoms with Crippen LogP contribution < -0.4 is 0 Å². The topological polar surface area (TPSA) is 46.1 Å². The zero-order valence-corrected chi connectivity index (χ0v) is 13.9. The lowest BCUT2D eigenvalue weighted by molar-refractivity contribution is -0.125. The number of halogens is 1. The summed E-state index contributed by atoms with van der Waals surface area (Å²) in [5.74, 6) is -0.0973. The van der Waals surface area contributed by atoms with E-state index in [4.69, 9.17) is 11.6 Å². The Hall–Kier alpha value is -2.72. The van der Waals surface area contributed by atoms with Gasteiger partial charge in [0.2, 0.25) is 5.91 Å². The van der Waals surface area contributed by atoms with Gasteiger partial charge in [0.1, 0.15) is 0 Å². The molecule has 5 heteroatoms. The number of carbonyl (C=O) groups is 1. The zero-order chi connectivity index (χ0) is 16.9. The van der Waals surface area contributed by atoms with Gasteiger partial charge in [-0.3, -0.25) is 9.78 Å². The summed E-state index contributed by atoms with van der Waals surface area (Å²) in [6.45, 7) is 0.518. The molecule has 0 fully saturated rings. The lowest BCUT2D eigenvalue weighted by Crippen LogP contribution is -2.24. The molecule has 0 spiro atoms. The van der Waals surface area contributed by atoms with E-state index in [-0.39, 0.29) is 5.91 Å². The highest BCUT2D eigenvalue weighted by atomic mass is 35.5. The van der Waals surface area contributed by atoms with Crippen molar-refractivity contribution >= 4 is 34.6 Å². The van der Waals surface area contributed by atoms with Gasteiger partial charge < -0.3 is 4.90 Å². The second-order valence-electron chi connectivity index (χ2n) is 5.44. The molecular formula is C19H16ClN3O. The van der Waals surface area contributed by atoms with Gasteiger partial charge >= 0.3 is 0 Å². The monoisotopic (exact) mass is 337 g/mol. The van der Waals surface area contributed by atoms with Crippen LogP contribution in [0.4, 0.5) is 0 Å². The SMILES string of the molecule is CN(Cc1ccc(Cl)cc1)C(=O)C=Cc1cnc2ccccc2n1. The van der Waals surface area contributed by atoms with Crippen molar-refractivity contribution in [3.05, 3.63) is 77.1 Å². The number of amides is 1. The van der Waals surface area contributed by atoms with Crippen molar-refractivity contribution in [1.82, 2.24) is 14.9 Å². The Morgan fingerprint density at radius 3 is 2.58 bits per heavy atom. The average molecular weight is 338 g/mol. The largest absolute Gasteiger partial charge is 0.338 e. The molecule has 3 rings (SSSR count). The van der Waals surface area contributed by atoms with E-state index in [1.54, 1.807) is 24.2 Å². The highest BCUT2D eigenvalue weighted by Gasteiger charge is 2.06. The average Bonchev–Trinajstić information content (AvgIpc) is 2.61. The van der Waals surface area contributed by atoms with E-state index in [2.05, 4.69) is 9.97 Å². The maximum absolute atomic E-state index is 12.2. The molecule has 4 nitrogen and oxygen atoms in total. The summed E-state index contributed by atoms with van der Waals surface area (Å²) in [4.78, 5) is 22.6. The zero-order valence-electron chi connectivity index (χ0n) is 13.2. The Bertz CT molecular complexity index is 891. The van der Waals surface area contributed by atoms with Crippen LogP contribution in [-0.2, 0) is 11.3 Å². The Morgan fingerprint density at radius 2 is 1.83 bits per heavy atom.